The zero-order valence-corrected chi connectivity index (χ0v) is 13.2. The molecule has 1 atom stereocenters. The molecule has 1 aromatic rings. The van der Waals surface area contributed by atoms with Crippen molar-refractivity contribution in [2.24, 2.45) is 5.92 Å². The SMILES string of the molecule is COCCNC[C@@H]1CCCN(C2Cc3ccccc3C2)C1. The molecule has 0 unspecified atom stereocenters. The summed E-state index contributed by atoms with van der Waals surface area (Å²) in [5.74, 6) is 0.805. The van der Waals surface area contributed by atoms with E-state index in [1.54, 1.807) is 18.2 Å². The van der Waals surface area contributed by atoms with Crippen LogP contribution in [0.3, 0.4) is 0 Å². The third-order valence-electron chi connectivity index (χ3n) is 5.01. The molecule has 0 saturated carbocycles. The Morgan fingerprint density at radius 3 is 2.71 bits per heavy atom. The highest BCUT2D eigenvalue weighted by molar-refractivity contribution is 5.33. The predicted octanol–water partition coefficient (Wildman–Crippen LogP) is 2.10. The number of nitrogens with one attached hydrogen (secondary N) is 1. The third kappa shape index (κ3) is 3.85. The Morgan fingerprint density at radius 1 is 1.24 bits per heavy atom. The van der Waals surface area contributed by atoms with Crippen molar-refractivity contribution in [3.63, 3.8) is 0 Å². The molecule has 0 bridgehead atoms. The lowest BCUT2D eigenvalue weighted by molar-refractivity contribution is 0.123. The van der Waals surface area contributed by atoms with Crippen LogP contribution in [-0.2, 0) is 17.6 Å². The summed E-state index contributed by atoms with van der Waals surface area (Å²) in [5, 5.41) is 3.53. The molecule has 0 aromatic heterocycles. The van der Waals surface area contributed by atoms with Crippen molar-refractivity contribution in [3.8, 4) is 0 Å². The van der Waals surface area contributed by atoms with E-state index in [1.807, 2.05) is 0 Å². The van der Waals surface area contributed by atoms with E-state index in [9.17, 15) is 0 Å². The summed E-state index contributed by atoms with van der Waals surface area (Å²) in [6.07, 6.45) is 5.22. The number of hydrogen-bond donors (Lipinski definition) is 1. The number of piperidine rings is 1. The Morgan fingerprint density at radius 2 is 2.00 bits per heavy atom. The summed E-state index contributed by atoms with van der Waals surface area (Å²) in [6, 6.07) is 9.72. The van der Waals surface area contributed by atoms with Gasteiger partial charge in [0.15, 0.2) is 0 Å². The Kier molecular flexibility index (Phi) is 5.28. The molecule has 3 nitrogen and oxygen atoms in total. The van der Waals surface area contributed by atoms with Gasteiger partial charge in [0.2, 0.25) is 0 Å². The van der Waals surface area contributed by atoms with Crippen LogP contribution in [0.5, 0.6) is 0 Å². The van der Waals surface area contributed by atoms with Crippen LogP contribution in [0.15, 0.2) is 24.3 Å². The Labute approximate surface area is 128 Å². The van der Waals surface area contributed by atoms with Crippen LogP contribution in [0, 0.1) is 5.92 Å². The van der Waals surface area contributed by atoms with Gasteiger partial charge < -0.3 is 10.1 Å². The standard InChI is InChI=1S/C18H28N2O/c1-21-10-8-19-13-15-5-4-9-20(14-15)18-11-16-6-2-3-7-17(16)12-18/h2-3,6-7,15,18-19H,4-5,8-14H2,1H3/t15-/m0/s1. The van der Waals surface area contributed by atoms with Crippen molar-refractivity contribution in [3.05, 3.63) is 35.4 Å². The Hall–Kier alpha value is -0.900. The zero-order chi connectivity index (χ0) is 14.5. The summed E-state index contributed by atoms with van der Waals surface area (Å²) >= 11 is 0. The molecule has 3 rings (SSSR count). The normalized spacial score (nSPS) is 23.4. The van der Waals surface area contributed by atoms with Crippen LogP contribution >= 0.6 is 0 Å². The molecule has 1 aliphatic carbocycles. The van der Waals surface area contributed by atoms with Gasteiger partial charge in [-0.1, -0.05) is 24.3 Å². The molecule has 116 valence electrons. The van der Waals surface area contributed by atoms with E-state index < -0.39 is 0 Å². The minimum absolute atomic E-state index is 0.740. The van der Waals surface area contributed by atoms with Gasteiger partial charge in [0.1, 0.15) is 0 Å². The highest BCUT2D eigenvalue weighted by atomic mass is 16.5. The van der Waals surface area contributed by atoms with E-state index in [0.717, 1.165) is 31.7 Å². The van der Waals surface area contributed by atoms with Gasteiger partial charge in [0.25, 0.3) is 0 Å². The fourth-order valence-electron chi connectivity index (χ4n) is 3.87. The van der Waals surface area contributed by atoms with E-state index in [-0.39, 0.29) is 0 Å². The van der Waals surface area contributed by atoms with Crippen LogP contribution in [0.4, 0.5) is 0 Å². The van der Waals surface area contributed by atoms with Gasteiger partial charge in [-0.15, -0.1) is 0 Å². The minimum Gasteiger partial charge on any atom is -0.383 e. The van der Waals surface area contributed by atoms with Crippen LogP contribution in [-0.4, -0.2) is 50.8 Å². The number of benzene rings is 1. The fraction of sp³-hybridized carbons (Fsp3) is 0.667. The first kappa shape index (κ1) is 15.0. The van der Waals surface area contributed by atoms with Crippen molar-refractivity contribution >= 4 is 0 Å². The lowest BCUT2D eigenvalue weighted by Gasteiger charge is -2.37. The van der Waals surface area contributed by atoms with E-state index in [2.05, 4.69) is 34.5 Å². The van der Waals surface area contributed by atoms with E-state index in [4.69, 9.17) is 4.74 Å². The number of likely N-dealkylation sites (tertiary alicyclic amines) is 1. The maximum absolute atomic E-state index is 5.10. The molecule has 21 heavy (non-hydrogen) atoms. The number of ether oxygens (including phenoxy) is 1. The first-order valence-corrected chi connectivity index (χ1v) is 8.37. The molecule has 1 aliphatic heterocycles. The predicted molar refractivity (Wildman–Crippen MR) is 86.7 cm³/mol. The Balaban J connectivity index is 1.48. The van der Waals surface area contributed by atoms with Crippen LogP contribution in [0.1, 0.15) is 24.0 Å². The average molecular weight is 288 g/mol. The summed E-state index contributed by atoms with van der Waals surface area (Å²) in [7, 11) is 1.77. The maximum Gasteiger partial charge on any atom is 0.0587 e. The van der Waals surface area contributed by atoms with E-state index in [1.165, 1.54) is 38.8 Å². The molecule has 0 amide bonds. The van der Waals surface area contributed by atoms with Crippen LogP contribution in [0.2, 0.25) is 0 Å². The molecule has 1 fully saturated rings. The van der Waals surface area contributed by atoms with Crippen LogP contribution in [0.25, 0.3) is 0 Å². The second-order valence-electron chi connectivity index (χ2n) is 6.53. The summed E-state index contributed by atoms with van der Waals surface area (Å²) in [4.78, 5) is 2.74. The molecule has 3 heteroatoms. The van der Waals surface area contributed by atoms with Crippen molar-refractivity contribution in [2.45, 2.75) is 31.7 Å². The van der Waals surface area contributed by atoms with Crippen molar-refractivity contribution in [1.82, 2.24) is 10.2 Å². The maximum atomic E-state index is 5.10. The van der Waals surface area contributed by atoms with Gasteiger partial charge in [-0.25, -0.2) is 0 Å². The number of nitrogens with zero attached hydrogens (tertiary/aromatic N) is 1. The Bertz CT molecular complexity index is 424. The molecular weight excluding hydrogens is 260 g/mol. The van der Waals surface area contributed by atoms with Gasteiger partial charge in [0, 0.05) is 26.2 Å². The molecule has 1 saturated heterocycles. The molecule has 1 aromatic carbocycles. The summed E-state index contributed by atoms with van der Waals surface area (Å²) in [6.45, 7) is 5.47. The number of methoxy groups -OCH3 is 1. The summed E-state index contributed by atoms with van der Waals surface area (Å²) < 4.78 is 5.10. The molecule has 2 aliphatic rings. The van der Waals surface area contributed by atoms with Gasteiger partial charge in [-0.3, -0.25) is 4.90 Å². The first-order chi connectivity index (χ1) is 10.4. The van der Waals surface area contributed by atoms with Crippen molar-refractivity contribution in [2.75, 3.05) is 39.9 Å². The lowest BCUT2D eigenvalue weighted by Crippen LogP contribution is -2.45. The van der Waals surface area contributed by atoms with Crippen LogP contribution < -0.4 is 5.32 Å². The minimum atomic E-state index is 0.740. The highest BCUT2D eigenvalue weighted by Crippen LogP contribution is 2.28. The largest absolute Gasteiger partial charge is 0.383 e. The van der Waals surface area contributed by atoms with Gasteiger partial charge >= 0.3 is 0 Å². The zero-order valence-electron chi connectivity index (χ0n) is 13.2. The summed E-state index contributed by atoms with van der Waals surface area (Å²) in [5.41, 5.74) is 3.14. The van der Waals surface area contributed by atoms with Crippen molar-refractivity contribution < 1.29 is 4.74 Å². The topological polar surface area (TPSA) is 24.5 Å². The average Bonchev–Trinajstić information content (AvgIpc) is 2.96. The van der Waals surface area contributed by atoms with Gasteiger partial charge in [0.05, 0.1) is 6.61 Å². The number of rotatable bonds is 6. The molecule has 0 radical (unpaired) electrons. The monoisotopic (exact) mass is 288 g/mol. The number of fused-ring (bicyclic) bond motifs is 1. The fourth-order valence-corrected chi connectivity index (χ4v) is 3.87. The smallest absolute Gasteiger partial charge is 0.0587 e. The molecule has 0 spiro atoms. The second kappa shape index (κ2) is 7.39. The molecule has 1 N–H and O–H groups in total. The second-order valence-corrected chi connectivity index (χ2v) is 6.53. The first-order valence-electron chi connectivity index (χ1n) is 8.37. The molecule has 1 heterocycles. The van der Waals surface area contributed by atoms with Gasteiger partial charge in [-0.2, -0.15) is 0 Å². The molecular formula is C18H28N2O. The van der Waals surface area contributed by atoms with E-state index >= 15 is 0 Å². The quantitative estimate of drug-likeness (QED) is 0.811. The number of hydrogen-bond acceptors (Lipinski definition) is 3. The van der Waals surface area contributed by atoms with Crippen molar-refractivity contribution in [1.29, 1.82) is 0 Å². The highest BCUT2D eigenvalue weighted by Gasteiger charge is 2.30. The third-order valence-corrected chi connectivity index (χ3v) is 5.01. The lowest BCUT2D eigenvalue weighted by atomic mass is 9.96. The van der Waals surface area contributed by atoms with E-state index in [0.29, 0.717) is 0 Å². The van der Waals surface area contributed by atoms with Gasteiger partial charge in [-0.05, 0) is 55.8 Å².